The van der Waals surface area contributed by atoms with Crippen molar-refractivity contribution in [3.8, 4) is 11.3 Å². The highest BCUT2D eigenvalue weighted by Crippen LogP contribution is 2.40. The maximum absolute atomic E-state index is 4.42. The minimum Gasteiger partial charge on any atom is -0.339 e. The number of rotatable bonds is 4. The Morgan fingerprint density at radius 1 is 1.04 bits per heavy atom. The Hall–Kier alpha value is -2.07. The molecule has 0 amide bonds. The molecule has 0 aliphatic heterocycles. The van der Waals surface area contributed by atoms with E-state index in [2.05, 4.69) is 32.3 Å². The largest absolute Gasteiger partial charge is 0.339 e. The second-order valence-electron chi connectivity index (χ2n) is 6.23. The molecule has 0 unspecified atom stereocenters. The second-order valence-corrected chi connectivity index (χ2v) is 6.98. The molecule has 0 atom stereocenters. The van der Waals surface area contributed by atoms with Crippen molar-refractivity contribution in [2.45, 2.75) is 38.0 Å². The van der Waals surface area contributed by atoms with E-state index < -0.39 is 0 Å². The molecule has 2 N–H and O–H groups in total. The molecule has 1 aliphatic rings. The van der Waals surface area contributed by atoms with E-state index in [1.807, 2.05) is 30.3 Å². The number of hydrogen-bond acceptors (Lipinski definition) is 3. The zero-order valence-corrected chi connectivity index (χ0v) is 13.9. The number of thiophene rings is 1. The van der Waals surface area contributed by atoms with Gasteiger partial charge in [-0.2, -0.15) is 16.4 Å². The molecule has 118 valence electrons. The number of aromatic nitrogens is 2. The van der Waals surface area contributed by atoms with Crippen molar-refractivity contribution in [3.05, 3.63) is 52.7 Å². The Morgan fingerprint density at radius 3 is 2.70 bits per heavy atom. The molecular weight excluding hydrogens is 302 g/mol. The maximum Gasteiger partial charge on any atom is 0.152 e. The monoisotopic (exact) mass is 323 g/mol. The predicted octanol–water partition coefficient (Wildman–Crippen LogP) is 5.93. The van der Waals surface area contributed by atoms with Crippen molar-refractivity contribution in [1.82, 2.24) is 10.2 Å². The first-order valence-electron chi connectivity index (χ1n) is 8.34. The van der Waals surface area contributed by atoms with Gasteiger partial charge in [0, 0.05) is 22.7 Å². The molecule has 4 heteroatoms. The van der Waals surface area contributed by atoms with Gasteiger partial charge in [0.15, 0.2) is 5.82 Å². The Labute approximate surface area is 140 Å². The molecule has 0 bridgehead atoms. The third kappa shape index (κ3) is 3.17. The molecule has 4 rings (SSSR count). The summed E-state index contributed by atoms with van der Waals surface area (Å²) in [5.74, 6) is 1.59. The van der Waals surface area contributed by atoms with E-state index in [0.717, 1.165) is 23.1 Å². The van der Waals surface area contributed by atoms with Gasteiger partial charge in [-0.15, -0.1) is 0 Å². The van der Waals surface area contributed by atoms with Crippen molar-refractivity contribution >= 4 is 22.8 Å². The van der Waals surface area contributed by atoms with E-state index in [1.54, 1.807) is 11.3 Å². The second kappa shape index (κ2) is 6.59. The third-order valence-corrected chi connectivity index (χ3v) is 5.41. The summed E-state index contributed by atoms with van der Waals surface area (Å²) in [5.41, 5.74) is 5.01. The average molecular weight is 323 g/mol. The lowest BCUT2D eigenvalue weighted by molar-refractivity contribution is 0.445. The van der Waals surface area contributed by atoms with Gasteiger partial charge in [0.25, 0.3) is 0 Å². The normalized spacial score (nSPS) is 15.7. The number of para-hydroxylation sites is 1. The van der Waals surface area contributed by atoms with Crippen LogP contribution < -0.4 is 5.32 Å². The molecule has 0 spiro atoms. The molecule has 1 aliphatic carbocycles. The van der Waals surface area contributed by atoms with Gasteiger partial charge in [0.2, 0.25) is 0 Å². The summed E-state index contributed by atoms with van der Waals surface area (Å²) in [4.78, 5) is 0. The Bertz CT molecular complexity index is 754. The van der Waals surface area contributed by atoms with Crippen LogP contribution in [0.1, 0.15) is 43.6 Å². The van der Waals surface area contributed by atoms with E-state index in [-0.39, 0.29) is 0 Å². The molecule has 3 aromatic rings. The standard InChI is InChI=1S/C19H21N3S/c1-3-7-14(8-4-1)16-12-23-13-17(16)18-11-19(22-21-18)20-15-9-5-2-6-10-15/h2,5-6,9-14H,1,3-4,7-8H2,(H2,20,21,22). The number of nitrogens with one attached hydrogen (secondary N) is 2. The van der Waals surface area contributed by atoms with Crippen molar-refractivity contribution in [2.75, 3.05) is 5.32 Å². The summed E-state index contributed by atoms with van der Waals surface area (Å²) in [6.07, 6.45) is 6.78. The van der Waals surface area contributed by atoms with E-state index in [0.29, 0.717) is 0 Å². The number of aromatic amines is 1. The maximum atomic E-state index is 4.42. The van der Waals surface area contributed by atoms with Gasteiger partial charge < -0.3 is 5.32 Å². The van der Waals surface area contributed by atoms with Crippen LogP contribution in [0.2, 0.25) is 0 Å². The quantitative estimate of drug-likeness (QED) is 0.625. The highest BCUT2D eigenvalue weighted by molar-refractivity contribution is 7.08. The van der Waals surface area contributed by atoms with Gasteiger partial charge in [-0.25, -0.2) is 0 Å². The number of anilines is 2. The van der Waals surface area contributed by atoms with Gasteiger partial charge in [0.1, 0.15) is 0 Å². The van der Waals surface area contributed by atoms with Crippen molar-refractivity contribution in [2.24, 2.45) is 0 Å². The lowest BCUT2D eigenvalue weighted by Gasteiger charge is -2.22. The molecule has 2 aromatic heterocycles. The minimum atomic E-state index is 0.721. The molecule has 0 radical (unpaired) electrons. The Morgan fingerprint density at radius 2 is 1.87 bits per heavy atom. The highest BCUT2D eigenvalue weighted by atomic mass is 32.1. The third-order valence-electron chi connectivity index (χ3n) is 4.65. The fraction of sp³-hybridized carbons (Fsp3) is 0.316. The summed E-state index contributed by atoms with van der Waals surface area (Å²) >= 11 is 1.80. The van der Waals surface area contributed by atoms with E-state index >= 15 is 0 Å². The molecule has 2 heterocycles. The molecule has 1 aromatic carbocycles. The SMILES string of the molecule is c1ccc(Nc2cc(-c3cscc3C3CCCCC3)[nH]n2)cc1. The number of H-pyrrole nitrogens is 1. The van der Waals surface area contributed by atoms with E-state index in [4.69, 9.17) is 0 Å². The van der Waals surface area contributed by atoms with Crippen LogP contribution in [-0.4, -0.2) is 10.2 Å². The number of hydrogen-bond donors (Lipinski definition) is 2. The molecule has 1 fully saturated rings. The van der Waals surface area contributed by atoms with E-state index in [1.165, 1.54) is 43.2 Å². The average Bonchev–Trinajstić information content (AvgIpc) is 3.25. The van der Waals surface area contributed by atoms with Crippen molar-refractivity contribution in [1.29, 1.82) is 0 Å². The van der Waals surface area contributed by atoms with Gasteiger partial charge in [0.05, 0.1) is 5.69 Å². The van der Waals surface area contributed by atoms with Crippen LogP contribution >= 0.6 is 11.3 Å². The number of benzene rings is 1. The predicted molar refractivity (Wildman–Crippen MR) is 97.5 cm³/mol. The molecule has 0 saturated heterocycles. The van der Waals surface area contributed by atoms with Crippen LogP contribution in [0.25, 0.3) is 11.3 Å². The lowest BCUT2D eigenvalue weighted by Crippen LogP contribution is -2.04. The summed E-state index contributed by atoms with van der Waals surface area (Å²) in [5, 5.41) is 15.6. The first-order valence-corrected chi connectivity index (χ1v) is 9.28. The van der Waals surface area contributed by atoms with Crippen molar-refractivity contribution in [3.63, 3.8) is 0 Å². The zero-order chi connectivity index (χ0) is 15.5. The fourth-order valence-electron chi connectivity index (χ4n) is 3.45. The molecule has 3 nitrogen and oxygen atoms in total. The van der Waals surface area contributed by atoms with Crippen molar-refractivity contribution < 1.29 is 0 Å². The van der Waals surface area contributed by atoms with Gasteiger partial charge >= 0.3 is 0 Å². The number of nitrogens with zero attached hydrogens (tertiary/aromatic N) is 1. The molecule has 23 heavy (non-hydrogen) atoms. The summed E-state index contributed by atoms with van der Waals surface area (Å²) < 4.78 is 0. The van der Waals surface area contributed by atoms with Crippen LogP contribution in [0.4, 0.5) is 11.5 Å². The van der Waals surface area contributed by atoms with Gasteiger partial charge in [-0.1, -0.05) is 37.5 Å². The summed E-state index contributed by atoms with van der Waals surface area (Å²) in [6, 6.07) is 12.3. The fourth-order valence-corrected chi connectivity index (χ4v) is 4.38. The summed E-state index contributed by atoms with van der Waals surface area (Å²) in [7, 11) is 0. The lowest BCUT2D eigenvalue weighted by atomic mass is 9.83. The van der Waals surface area contributed by atoms with E-state index in [9.17, 15) is 0 Å². The van der Waals surface area contributed by atoms with Gasteiger partial charge in [-0.05, 0) is 41.8 Å². The first-order chi connectivity index (χ1) is 11.4. The topological polar surface area (TPSA) is 40.7 Å². The molecular formula is C19H21N3S. The van der Waals surface area contributed by atoms with Crippen LogP contribution in [0, 0.1) is 0 Å². The van der Waals surface area contributed by atoms with Gasteiger partial charge in [-0.3, -0.25) is 5.10 Å². The summed E-state index contributed by atoms with van der Waals surface area (Å²) in [6.45, 7) is 0. The van der Waals surface area contributed by atoms with Crippen LogP contribution in [0.5, 0.6) is 0 Å². The molecule has 1 saturated carbocycles. The van der Waals surface area contributed by atoms with Crippen LogP contribution in [0.15, 0.2) is 47.2 Å². The Balaban J connectivity index is 1.56. The van der Waals surface area contributed by atoms with Crippen LogP contribution in [0.3, 0.4) is 0 Å². The smallest absolute Gasteiger partial charge is 0.152 e. The first kappa shape index (κ1) is 14.5. The Kier molecular flexibility index (Phi) is 4.16. The zero-order valence-electron chi connectivity index (χ0n) is 13.1. The minimum absolute atomic E-state index is 0.721. The van der Waals surface area contributed by atoms with Crippen LogP contribution in [-0.2, 0) is 0 Å². The highest BCUT2D eigenvalue weighted by Gasteiger charge is 2.20.